The number of hydrogen-bond donors (Lipinski definition) is 1. The van der Waals surface area contributed by atoms with Crippen LogP contribution < -0.4 is 5.73 Å². The molecule has 2 unspecified atom stereocenters. The highest BCUT2D eigenvalue weighted by Crippen LogP contribution is 2.33. The highest BCUT2D eigenvalue weighted by Gasteiger charge is 2.31. The fourth-order valence-electron chi connectivity index (χ4n) is 2.37. The Hall–Kier alpha value is -0.610. The molecule has 0 heterocycles. The van der Waals surface area contributed by atoms with Crippen LogP contribution in [0.4, 0.5) is 0 Å². The lowest BCUT2D eigenvalue weighted by Crippen LogP contribution is -2.45. The average molecular weight is 241 g/mol. The van der Waals surface area contributed by atoms with Crippen LogP contribution in [0.25, 0.3) is 0 Å². The summed E-state index contributed by atoms with van der Waals surface area (Å²) >= 11 is 0. The van der Waals surface area contributed by atoms with E-state index in [4.69, 9.17) is 5.73 Å². The van der Waals surface area contributed by atoms with Crippen molar-refractivity contribution < 1.29 is 4.79 Å². The Bertz CT molecular complexity index is 251. The molecule has 0 aliphatic heterocycles. The van der Waals surface area contributed by atoms with Gasteiger partial charge in [0.15, 0.2) is 0 Å². The first-order chi connectivity index (χ1) is 7.95. The SMILES string of the molecule is CCN(C(=O)CC(N)C1CC1)C(C)CN(C)C. The summed E-state index contributed by atoms with van der Waals surface area (Å²) in [7, 11) is 4.06. The highest BCUT2D eigenvalue weighted by atomic mass is 16.2. The number of hydrogen-bond acceptors (Lipinski definition) is 3. The predicted molar refractivity (Wildman–Crippen MR) is 70.7 cm³/mol. The number of carbonyl (C=O) groups excluding carboxylic acids is 1. The third-order valence-electron chi connectivity index (χ3n) is 3.46. The molecule has 0 saturated heterocycles. The molecule has 1 rings (SSSR count). The summed E-state index contributed by atoms with van der Waals surface area (Å²) < 4.78 is 0. The fourth-order valence-corrected chi connectivity index (χ4v) is 2.37. The molecular weight excluding hydrogens is 214 g/mol. The third kappa shape index (κ3) is 4.64. The predicted octanol–water partition coefficient (Wildman–Crippen LogP) is 0.912. The third-order valence-corrected chi connectivity index (χ3v) is 3.46. The Morgan fingerprint density at radius 3 is 2.41 bits per heavy atom. The van der Waals surface area contributed by atoms with Crippen molar-refractivity contribution in [1.29, 1.82) is 0 Å². The number of carbonyl (C=O) groups is 1. The summed E-state index contributed by atoms with van der Waals surface area (Å²) in [6.07, 6.45) is 2.91. The van der Waals surface area contributed by atoms with Gasteiger partial charge in [0, 0.05) is 31.6 Å². The van der Waals surface area contributed by atoms with E-state index in [-0.39, 0.29) is 18.0 Å². The topological polar surface area (TPSA) is 49.6 Å². The zero-order valence-corrected chi connectivity index (χ0v) is 11.6. The highest BCUT2D eigenvalue weighted by molar-refractivity contribution is 5.77. The Kier molecular flexibility index (Phi) is 5.40. The van der Waals surface area contributed by atoms with Gasteiger partial charge < -0.3 is 15.5 Å². The summed E-state index contributed by atoms with van der Waals surface area (Å²) in [6.45, 7) is 5.81. The van der Waals surface area contributed by atoms with Crippen LogP contribution >= 0.6 is 0 Å². The summed E-state index contributed by atoms with van der Waals surface area (Å²) in [5.41, 5.74) is 6.02. The largest absolute Gasteiger partial charge is 0.339 e. The van der Waals surface area contributed by atoms with Gasteiger partial charge in [-0.3, -0.25) is 4.79 Å². The van der Waals surface area contributed by atoms with Crippen LogP contribution in [0, 0.1) is 5.92 Å². The molecule has 1 saturated carbocycles. The molecule has 0 aromatic heterocycles. The van der Waals surface area contributed by atoms with E-state index in [1.54, 1.807) is 0 Å². The normalized spacial score (nSPS) is 19.2. The fraction of sp³-hybridized carbons (Fsp3) is 0.923. The van der Waals surface area contributed by atoms with E-state index in [0.717, 1.165) is 13.1 Å². The minimum atomic E-state index is 0.0723. The van der Waals surface area contributed by atoms with Crippen LogP contribution in [0.2, 0.25) is 0 Å². The monoisotopic (exact) mass is 241 g/mol. The van der Waals surface area contributed by atoms with Gasteiger partial charge in [-0.2, -0.15) is 0 Å². The van der Waals surface area contributed by atoms with E-state index in [2.05, 4.69) is 11.8 Å². The first kappa shape index (κ1) is 14.5. The summed E-state index contributed by atoms with van der Waals surface area (Å²) in [5, 5.41) is 0. The second-order valence-corrected chi connectivity index (χ2v) is 5.50. The Labute approximate surface area is 105 Å². The Morgan fingerprint density at radius 2 is 2.00 bits per heavy atom. The lowest BCUT2D eigenvalue weighted by atomic mass is 10.1. The van der Waals surface area contributed by atoms with Gasteiger partial charge in [-0.05, 0) is 46.7 Å². The van der Waals surface area contributed by atoms with Crippen LogP contribution in [0.1, 0.15) is 33.1 Å². The minimum Gasteiger partial charge on any atom is -0.339 e. The summed E-state index contributed by atoms with van der Waals surface area (Å²) in [6, 6.07) is 0.331. The lowest BCUT2D eigenvalue weighted by Gasteiger charge is -2.31. The van der Waals surface area contributed by atoms with E-state index >= 15 is 0 Å². The molecule has 17 heavy (non-hydrogen) atoms. The number of amides is 1. The molecular formula is C13H27N3O. The van der Waals surface area contributed by atoms with Crippen LogP contribution in [-0.2, 0) is 4.79 Å². The van der Waals surface area contributed by atoms with Gasteiger partial charge in [0.05, 0.1) is 0 Å². The number of likely N-dealkylation sites (N-methyl/N-ethyl adjacent to an activating group) is 2. The van der Waals surface area contributed by atoms with Crippen molar-refractivity contribution >= 4 is 5.91 Å². The maximum atomic E-state index is 12.2. The number of nitrogens with two attached hydrogens (primary N) is 1. The molecule has 1 aliphatic carbocycles. The smallest absolute Gasteiger partial charge is 0.224 e. The summed E-state index contributed by atoms with van der Waals surface area (Å²) in [4.78, 5) is 16.2. The van der Waals surface area contributed by atoms with Gasteiger partial charge in [0.1, 0.15) is 0 Å². The molecule has 0 radical (unpaired) electrons. The van der Waals surface area contributed by atoms with E-state index in [0.29, 0.717) is 12.3 Å². The molecule has 1 aliphatic rings. The van der Waals surface area contributed by atoms with Crippen molar-refractivity contribution in [2.75, 3.05) is 27.2 Å². The van der Waals surface area contributed by atoms with Gasteiger partial charge in [0.2, 0.25) is 5.91 Å². The van der Waals surface area contributed by atoms with E-state index in [9.17, 15) is 4.79 Å². The Balaban J connectivity index is 2.44. The second kappa shape index (κ2) is 6.36. The first-order valence-corrected chi connectivity index (χ1v) is 6.65. The van der Waals surface area contributed by atoms with Gasteiger partial charge >= 0.3 is 0 Å². The van der Waals surface area contributed by atoms with Crippen molar-refractivity contribution in [1.82, 2.24) is 9.80 Å². The first-order valence-electron chi connectivity index (χ1n) is 6.65. The van der Waals surface area contributed by atoms with Crippen LogP contribution in [-0.4, -0.2) is 55.0 Å². The number of nitrogens with zero attached hydrogens (tertiary/aromatic N) is 2. The summed E-state index contributed by atoms with van der Waals surface area (Å²) in [5.74, 6) is 0.808. The van der Waals surface area contributed by atoms with Crippen molar-refractivity contribution in [2.24, 2.45) is 11.7 Å². The lowest BCUT2D eigenvalue weighted by molar-refractivity contribution is -0.133. The Morgan fingerprint density at radius 1 is 1.41 bits per heavy atom. The second-order valence-electron chi connectivity index (χ2n) is 5.50. The van der Waals surface area contributed by atoms with Crippen molar-refractivity contribution in [2.45, 2.75) is 45.2 Å². The van der Waals surface area contributed by atoms with Gasteiger partial charge in [-0.25, -0.2) is 0 Å². The van der Waals surface area contributed by atoms with Crippen LogP contribution in [0.5, 0.6) is 0 Å². The van der Waals surface area contributed by atoms with Crippen LogP contribution in [0.3, 0.4) is 0 Å². The zero-order chi connectivity index (χ0) is 13.0. The van der Waals surface area contributed by atoms with Gasteiger partial charge in [0.25, 0.3) is 0 Å². The van der Waals surface area contributed by atoms with E-state index in [1.807, 2.05) is 25.9 Å². The number of rotatable bonds is 7. The molecule has 0 bridgehead atoms. The van der Waals surface area contributed by atoms with E-state index < -0.39 is 0 Å². The zero-order valence-electron chi connectivity index (χ0n) is 11.6. The molecule has 2 N–H and O–H groups in total. The van der Waals surface area contributed by atoms with Crippen molar-refractivity contribution in [3.8, 4) is 0 Å². The molecule has 1 fully saturated rings. The molecule has 4 heteroatoms. The standard InChI is InChI=1S/C13H27N3O/c1-5-16(10(2)9-15(3)4)13(17)8-12(14)11-6-7-11/h10-12H,5-9,14H2,1-4H3. The molecule has 0 spiro atoms. The average Bonchev–Trinajstić information content (AvgIpc) is 2.99. The molecule has 2 atom stereocenters. The van der Waals surface area contributed by atoms with Gasteiger partial charge in [-0.15, -0.1) is 0 Å². The molecule has 100 valence electrons. The quantitative estimate of drug-likeness (QED) is 0.721. The van der Waals surface area contributed by atoms with Gasteiger partial charge in [-0.1, -0.05) is 0 Å². The molecule has 4 nitrogen and oxygen atoms in total. The molecule has 1 amide bonds. The molecule has 0 aromatic carbocycles. The molecule has 0 aromatic rings. The van der Waals surface area contributed by atoms with E-state index in [1.165, 1.54) is 12.8 Å². The minimum absolute atomic E-state index is 0.0723. The maximum absolute atomic E-state index is 12.2. The maximum Gasteiger partial charge on any atom is 0.224 e. The van der Waals surface area contributed by atoms with Crippen LogP contribution in [0.15, 0.2) is 0 Å². The van der Waals surface area contributed by atoms with Crippen molar-refractivity contribution in [3.05, 3.63) is 0 Å². The van der Waals surface area contributed by atoms with Crippen molar-refractivity contribution in [3.63, 3.8) is 0 Å².